The van der Waals surface area contributed by atoms with Crippen molar-refractivity contribution in [3.8, 4) is 5.75 Å². The summed E-state index contributed by atoms with van der Waals surface area (Å²) in [6.07, 6.45) is 7.84. The van der Waals surface area contributed by atoms with Gasteiger partial charge < -0.3 is 36.1 Å². The Morgan fingerprint density at radius 1 is 1.21 bits per heavy atom. The molecule has 4 rings (SSSR count). The van der Waals surface area contributed by atoms with E-state index in [1.54, 1.807) is 37.3 Å². The van der Waals surface area contributed by atoms with E-state index in [9.17, 15) is 14.4 Å². The van der Waals surface area contributed by atoms with Gasteiger partial charge in [0.15, 0.2) is 0 Å². The Morgan fingerprint density at radius 3 is 2.74 bits per heavy atom. The topological polar surface area (TPSA) is 179 Å². The number of ether oxygens (including phenoxy) is 2. The monoisotopic (exact) mass is 577 g/mol. The fourth-order valence-corrected chi connectivity index (χ4v) is 4.64. The zero-order valence-corrected chi connectivity index (χ0v) is 23.8. The van der Waals surface area contributed by atoms with Crippen molar-refractivity contribution < 1.29 is 23.9 Å². The maximum absolute atomic E-state index is 12.6. The summed E-state index contributed by atoms with van der Waals surface area (Å²) in [6, 6.07) is 3.31. The number of aryl methyl sites for hydroxylation is 1. The largest absolute Gasteiger partial charge is 0.495 e. The van der Waals surface area contributed by atoms with Crippen LogP contribution in [0.4, 0.5) is 23.1 Å². The van der Waals surface area contributed by atoms with Crippen LogP contribution in [0.2, 0.25) is 0 Å². The number of nitrogens with two attached hydrogens (primary N) is 1. The molecule has 3 amide bonds. The van der Waals surface area contributed by atoms with Gasteiger partial charge in [-0.3, -0.25) is 19.1 Å². The Balaban J connectivity index is 1.55. The predicted octanol–water partition coefficient (Wildman–Crippen LogP) is 2.30. The van der Waals surface area contributed by atoms with Crippen molar-refractivity contribution in [2.24, 2.45) is 5.73 Å². The molecule has 0 saturated carbocycles. The fourth-order valence-electron chi connectivity index (χ4n) is 4.64. The van der Waals surface area contributed by atoms with Crippen LogP contribution in [0, 0.1) is 6.92 Å². The summed E-state index contributed by atoms with van der Waals surface area (Å²) >= 11 is 0. The molecule has 1 unspecified atom stereocenters. The number of likely N-dealkylation sites (tertiary alicyclic amines) is 1. The molecular formula is C28H35N9O5. The van der Waals surface area contributed by atoms with Crippen LogP contribution in [-0.2, 0) is 9.53 Å². The van der Waals surface area contributed by atoms with Gasteiger partial charge in [-0.15, -0.1) is 0 Å². The summed E-state index contributed by atoms with van der Waals surface area (Å²) in [7, 11) is 3.03. The van der Waals surface area contributed by atoms with Crippen molar-refractivity contribution in [2.45, 2.75) is 25.8 Å². The highest BCUT2D eigenvalue weighted by Gasteiger charge is 2.24. The minimum atomic E-state index is -0.724. The maximum Gasteiger partial charge on any atom is 0.254 e. The van der Waals surface area contributed by atoms with Gasteiger partial charge in [0.05, 0.1) is 37.3 Å². The van der Waals surface area contributed by atoms with Crippen LogP contribution < -0.4 is 26.4 Å². The highest BCUT2D eigenvalue weighted by molar-refractivity contribution is 5.99. The molecule has 1 fully saturated rings. The molecule has 1 saturated heterocycles. The molecule has 1 aliphatic heterocycles. The molecule has 0 aliphatic carbocycles. The van der Waals surface area contributed by atoms with Gasteiger partial charge in [0.1, 0.15) is 17.1 Å². The van der Waals surface area contributed by atoms with Gasteiger partial charge in [-0.2, -0.15) is 10.1 Å². The second-order valence-corrected chi connectivity index (χ2v) is 9.68. The van der Waals surface area contributed by atoms with Crippen LogP contribution in [0.1, 0.15) is 45.2 Å². The highest BCUT2D eigenvalue weighted by Crippen LogP contribution is 2.33. The van der Waals surface area contributed by atoms with E-state index < -0.39 is 5.91 Å². The predicted molar refractivity (Wildman–Crippen MR) is 156 cm³/mol. The Labute approximate surface area is 243 Å². The third kappa shape index (κ3) is 7.01. The second kappa shape index (κ2) is 13.6. The Hall–Kier alpha value is -4.98. The molecule has 1 aromatic carbocycles. The highest BCUT2D eigenvalue weighted by atomic mass is 16.5. The van der Waals surface area contributed by atoms with Gasteiger partial charge in [0, 0.05) is 44.7 Å². The number of carbonyl (C=O) groups is 3. The van der Waals surface area contributed by atoms with Crippen molar-refractivity contribution in [1.82, 2.24) is 30.0 Å². The lowest BCUT2D eigenvalue weighted by Crippen LogP contribution is -2.39. The first-order valence-corrected chi connectivity index (χ1v) is 13.4. The van der Waals surface area contributed by atoms with E-state index in [1.165, 1.54) is 19.4 Å². The van der Waals surface area contributed by atoms with Crippen molar-refractivity contribution in [1.29, 1.82) is 0 Å². The molecule has 2 aromatic heterocycles. The van der Waals surface area contributed by atoms with Crippen LogP contribution in [0.25, 0.3) is 0 Å². The molecular weight excluding hydrogens is 542 g/mol. The molecule has 1 atom stereocenters. The minimum Gasteiger partial charge on any atom is -0.495 e. The van der Waals surface area contributed by atoms with Crippen LogP contribution in [0.5, 0.6) is 5.75 Å². The number of aromatic nitrogens is 4. The van der Waals surface area contributed by atoms with Gasteiger partial charge in [-0.25, -0.2) is 4.98 Å². The van der Waals surface area contributed by atoms with Gasteiger partial charge in [-0.05, 0) is 43.5 Å². The van der Waals surface area contributed by atoms with E-state index in [-0.39, 0.29) is 35.2 Å². The Morgan fingerprint density at radius 2 is 2.02 bits per heavy atom. The molecule has 3 heterocycles. The molecule has 0 radical (unpaired) electrons. The number of hydrogen-bond donors (Lipinski definition) is 4. The quantitative estimate of drug-likeness (QED) is 0.184. The Kier molecular flexibility index (Phi) is 9.70. The third-order valence-electron chi connectivity index (χ3n) is 6.79. The van der Waals surface area contributed by atoms with Crippen LogP contribution in [0.15, 0.2) is 43.4 Å². The van der Waals surface area contributed by atoms with Crippen molar-refractivity contribution in [2.75, 3.05) is 51.1 Å². The van der Waals surface area contributed by atoms with E-state index in [4.69, 9.17) is 15.2 Å². The number of methoxy groups -OCH3 is 2. The lowest BCUT2D eigenvalue weighted by Gasteiger charge is -2.32. The van der Waals surface area contributed by atoms with Gasteiger partial charge in [-0.1, -0.05) is 6.58 Å². The van der Waals surface area contributed by atoms with Crippen LogP contribution >= 0.6 is 0 Å². The molecule has 0 bridgehead atoms. The fraction of sp³-hybridized carbons (Fsp3) is 0.357. The number of carbonyl (C=O) groups excluding carboxylic acids is 3. The smallest absolute Gasteiger partial charge is 0.254 e. The summed E-state index contributed by atoms with van der Waals surface area (Å²) in [4.78, 5) is 47.3. The molecule has 5 N–H and O–H groups in total. The Bertz CT molecular complexity index is 1470. The van der Waals surface area contributed by atoms with Crippen LogP contribution in [-0.4, -0.2) is 82.8 Å². The molecule has 0 spiro atoms. The molecule has 3 aromatic rings. The average Bonchev–Trinajstić information content (AvgIpc) is 3.46. The first kappa shape index (κ1) is 30.0. The van der Waals surface area contributed by atoms with E-state index in [1.807, 2.05) is 10.9 Å². The second-order valence-electron chi connectivity index (χ2n) is 9.68. The van der Waals surface area contributed by atoms with Gasteiger partial charge in [0.2, 0.25) is 11.9 Å². The number of hydrogen-bond acceptors (Lipinski definition) is 10. The third-order valence-corrected chi connectivity index (χ3v) is 6.79. The molecule has 1 aliphatic rings. The van der Waals surface area contributed by atoms with E-state index in [2.05, 4.69) is 37.6 Å². The first-order chi connectivity index (χ1) is 20.2. The maximum atomic E-state index is 12.6. The zero-order chi connectivity index (χ0) is 30.2. The number of benzene rings is 1. The average molecular weight is 578 g/mol. The van der Waals surface area contributed by atoms with Crippen molar-refractivity contribution >= 4 is 40.9 Å². The summed E-state index contributed by atoms with van der Waals surface area (Å²) in [5, 5.41) is 13.5. The van der Waals surface area contributed by atoms with E-state index in [0.29, 0.717) is 54.5 Å². The zero-order valence-electron chi connectivity index (χ0n) is 23.8. The summed E-state index contributed by atoms with van der Waals surface area (Å²) in [6.45, 7) is 7.35. The van der Waals surface area contributed by atoms with Gasteiger partial charge >= 0.3 is 0 Å². The van der Waals surface area contributed by atoms with Crippen molar-refractivity contribution in [3.05, 3.63) is 60.1 Å². The van der Waals surface area contributed by atoms with E-state index >= 15 is 0 Å². The standard InChI is InChI=1S/C28H35N9O5/c1-5-23(38)36-9-6-7-20(16-36)37-15-19(13-32-37)33-28-31-14-21(25(29)39)26(35-28)34-24-17(2)11-18(12-22(24)42-4)27(40)30-8-10-41-3/h5,11-15,20H,1,6-10,16H2,2-4H3,(H2,29,39)(H,30,40)(H2,31,33,34,35). The molecule has 222 valence electrons. The lowest BCUT2D eigenvalue weighted by atomic mass is 10.1. The minimum absolute atomic E-state index is 0.0223. The summed E-state index contributed by atoms with van der Waals surface area (Å²) in [5.74, 6) is -0.385. The van der Waals surface area contributed by atoms with E-state index in [0.717, 1.165) is 12.8 Å². The molecule has 14 nitrogen and oxygen atoms in total. The SMILES string of the molecule is C=CC(=O)N1CCCC(n2cc(Nc3ncc(C(N)=O)c(Nc4c(C)cc(C(=O)NCCOC)cc4OC)n3)cn2)C1. The number of amides is 3. The first-order valence-electron chi connectivity index (χ1n) is 13.4. The number of nitrogens with one attached hydrogen (secondary N) is 3. The number of rotatable bonds is 12. The summed E-state index contributed by atoms with van der Waals surface area (Å²) < 4.78 is 12.3. The lowest BCUT2D eigenvalue weighted by molar-refractivity contribution is -0.127. The summed E-state index contributed by atoms with van der Waals surface area (Å²) in [5.41, 5.74) is 7.87. The van der Waals surface area contributed by atoms with Crippen molar-refractivity contribution in [3.63, 3.8) is 0 Å². The number of piperidine rings is 1. The van der Waals surface area contributed by atoms with Gasteiger partial charge in [0.25, 0.3) is 11.8 Å². The molecule has 42 heavy (non-hydrogen) atoms. The number of nitrogens with zero attached hydrogens (tertiary/aromatic N) is 5. The van der Waals surface area contributed by atoms with Crippen LogP contribution in [0.3, 0.4) is 0 Å². The molecule has 14 heteroatoms. The normalized spacial score (nSPS) is 14.6. The number of primary amides is 1. The number of anilines is 4.